The van der Waals surface area contributed by atoms with Crippen LogP contribution in [0.3, 0.4) is 0 Å². The van der Waals surface area contributed by atoms with Crippen molar-refractivity contribution >= 4 is 87.2 Å². The number of hydrogen-bond acceptors (Lipinski definition) is 4. The van der Waals surface area contributed by atoms with Gasteiger partial charge in [0.2, 0.25) is 5.95 Å². The molecule has 0 radical (unpaired) electrons. The van der Waals surface area contributed by atoms with Crippen molar-refractivity contribution in [3.8, 4) is 51.9 Å². The summed E-state index contributed by atoms with van der Waals surface area (Å²) < 4.78 is 9.35. The number of fused-ring (bicyclic) bond motifs is 15. The van der Waals surface area contributed by atoms with Crippen molar-refractivity contribution in [2.45, 2.75) is 13.8 Å². The second kappa shape index (κ2) is 16.0. The Morgan fingerprint density at radius 3 is 1.27 bits per heavy atom. The van der Waals surface area contributed by atoms with Crippen LogP contribution in [-0.2, 0) is 0 Å². The second-order valence-electron chi connectivity index (χ2n) is 19.3. The molecule has 0 saturated heterocycles. The zero-order chi connectivity index (χ0) is 49.2. The van der Waals surface area contributed by atoms with E-state index in [4.69, 9.17) is 15.0 Å². The Labute approximate surface area is 424 Å². The van der Waals surface area contributed by atoms with Crippen LogP contribution in [0.4, 0.5) is 0 Å². The Morgan fingerprint density at radius 1 is 0.351 bits per heavy atom. The fraction of sp³-hybridized carbons (Fsp3) is 0.0303. The van der Waals surface area contributed by atoms with Crippen LogP contribution in [0, 0.1) is 25.2 Å². The summed E-state index contributed by atoms with van der Waals surface area (Å²) in [5, 5.41) is 20.5. The molecule has 10 aromatic carbocycles. The first-order valence-corrected chi connectivity index (χ1v) is 24.9. The Balaban J connectivity index is 1.06. The Bertz CT molecular complexity index is 4730. The van der Waals surface area contributed by atoms with Crippen molar-refractivity contribution in [2.75, 3.05) is 0 Å². The average Bonchev–Trinajstić information content (AvgIpc) is 4.24. The topological polar surface area (TPSA) is 82.2 Å². The first kappa shape index (κ1) is 41.7. The molecule has 0 aliphatic heterocycles. The van der Waals surface area contributed by atoms with Crippen molar-refractivity contribution in [3.05, 3.63) is 235 Å². The molecule has 15 rings (SSSR count). The van der Waals surface area contributed by atoms with Gasteiger partial charge in [0.15, 0.2) is 11.6 Å². The van der Waals surface area contributed by atoms with Gasteiger partial charge in [-0.15, -0.1) is 0 Å². The van der Waals surface area contributed by atoms with Gasteiger partial charge in [0, 0.05) is 65.6 Å². The van der Waals surface area contributed by atoms with E-state index < -0.39 is 0 Å². The third-order valence-corrected chi connectivity index (χ3v) is 14.9. The molecule has 0 N–H and O–H groups in total. The third kappa shape index (κ3) is 5.98. The zero-order valence-electron chi connectivity index (χ0n) is 40.4. The van der Waals surface area contributed by atoms with Gasteiger partial charge >= 0.3 is 0 Å². The summed E-state index contributed by atoms with van der Waals surface area (Å²) in [5.41, 5.74) is 15.8. The van der Waals surface area contributed by atoms with Gasteiger partial charge in [-0.2, -0.15) is 15.2 Å². The molecule has 0 aliphatic carbocycles. The van der Waals surface area contributed by atoms with Crippen LogP contribution in [0.15, 0.2) is 218 Å². The van der Waals surface area contributed by atoms with E-state index in [0.29, 0.717) is 28.7 Å². The summed E-state index contributed by atoms with van der Waals surface area (Å²) in [6.07, 6.45) is 0. The Kier molecular flexibility index (Phi) is 8.98. The molecule has 0 saturated carbocycles. The third-order valence-electron chi connectivity index (χ3n) is 14.9. The first-order chi connectivity index (χ1) is 36.5. The molecule has 0 unspecified atom stereocenters. The van der Waals surface area contributed by atoms with Crippen LogP contribution in [0.25, 0.3) is 133 Å². The number of rotatable bonds is 6. The fourth-order valence-corrected chi connectivity index (χ4v) is 11.8. The van der Waals surface area contributed by atoms with Crippen molar-refractivity contribution < 1.29 is 0 Å². The zero-order valence-corrected chi connectivity index (χ0v) is 40.4. The summed E-state index contributed by atoms with van der Waals surface area (Å²) in [6, 6.07) is 79.4. The van der Waals surface area contributed by atoms with E-state index in [2.05, 4.69) is 220 Å². The van der Waals surface area contributed by atoms with Gasteiger partial charge in [-0.25, -0.2) is 4.98 Å². The molecule has 0 bridgehead atoms. The maximum absolute atomic E-state index is 11.5. The maximum atomic E-state index is 11.5. The molecule has 346 valence electrons. The lowest BCUT2D eigenvalue weighted by molar-refractivity contribution is 0.953. The number of benzene rings is 10. The average molecular weight is 947 g/mol. The first-order valence-electron chi connectivity index (χ1n) is 24.9. The van der Waals surface area contributed by atoms with Crippen LogP contribution >= 0.6 is 0 Å². The van der Waals surface area contributed by atoms with Gasteiger partial charge in [0.05, 0.1) is 55.4 Å². The normalized spacial score (nSPS) is 11.9. The van der Waals surface area contributed by atoms with E-state index >= 15 is 0 Å². The predicted octanol–water partition coefficient (Wildman–Crippen LogP) is 16.1. The molecule has 8 heteroatoms. The van der Waals surface area contributed by atoms with Crippen molar-refractivity contribution in [3.63, 3.8) is 0 Å². The van der Waals surface area contributed by atoms with Gasteiger partial charge in [-0.05, 0) is 98.8 Å². The number of nitrogens with zero attached hydrogens (tertiary/aromatic N) is 8. The lowest BCUT2D eigenvalue weighted by Gasteiger charge is -2.15. The predicted molar refractivity (Wildman–Crippen MR) is 302 cm³/mol. The van der Waals surface area contributed by atoms with Crippen LogP contribution < -0.4 is 0 Å². The molecular weight excluding hydrogens is 905 g/mol. The van der Waals surface area contributed by atoms with E-state index in [9.17, 15) is 5.26 Å². The molecule has 0 aliphatic rings. The number of nitriles is 1. The molecule has 0 atom stereocenters. The van der Waals surface area contributed by atoms with Crippen molar-refractivity contribution in [1.29, 1.82) is 5.26 Å². The minimum atomic E-state index is 0.468. The lowest BCUT2D eigenvalue weighted by Crippen LogP contribution is -2.07. The summed E-state index contributed by atoms with van der Waals surface area (Å²) in [6.45, 7) is 4.25. The lowest BCUT2D eigenvalue weighted by atomic mass is 10.0. The summed E-state index contributed by atoms with van der Waals surface area (Å²) in [4.78, 5) is 15.7. The SMILES string of the molecule is Cc1ccc2c(c1)c1cc(C)ccc1n2-c1nc(-c2ccccc2)nc(-c2ccc(-n3c4ccccc4c4c5c(c6ccccc6n5-c5ccccc5)c5c(c6ccccc6n5-c5ccccc5)c43)c(C#N)c2)n1. The molecule has 5 aromatic heterocycles. The number of para-hydroxylation sites is 5. The van der Waals surface area contributed by atoms with Crippen molar-refractivity contribution in [2.24, 2.45) is 0 Å². The summed E-state index contributed by atoms with van der Waals surface area (Å²) in [7, 11) is 0. The monoisotopic (exact) mass is 946 g/mol. The van der Waals surface area contributed by atoms with Gasteiger partial charge in [-0.3, -0.25) is 4.57 Å². The van der Waals surface area contributed by atoms with Gasteiger partial charge in [-0.1, -0.05) is 145 Å². The second-order valence-corrected chi connectivity index (χ2v) is 19.3. The highest BCUT2D eigenvalue weighted by Crippen LogP contribution is 2.50. The summed E-state index contributed by atoms with van der Waals surface area (Å²) >= 11 is 0. The highest BCUT2D eigenvalue weighted by atomic mass is 15.2. The molecular formula is C66H42N8. The van der Waals surface area contributed by atoms with Gasteiger partial charge in [0.1, 0.15) is 6.07 Å². The van der Waals surface area contributed by atoms with E-state index in [-0.39, 0.29) is 0 Å². The van der Waals surface area contributed by atoms with Gasteiger partial charge < -0.3 is 13.7 Å². The van der Waals surface area contributed by atoms with E-state index in [1.54, 1.807) is 0 Å². The smallest absolute Gasteiger partial charge is 0.238 e. The molecule has 0 spiro atoms. The molecule has 0 fully saturated rings. The van der Waals surface area contributed by atoms with Crippen LogP contribution in [0.5, 0.6) is 0 Å². The number of hydrogen-bond donors (Lipinski definition) is 0. The maximum Gasteiger partial charge on any atom is 0.238 e. The molecule has 15 aromatic rings. The highest BCUT2D eigenvalue weighted by Gasteiger charge is 2.30. The van der Waals surface area contributed by atoms with Crippen molar-refractivity contribution in [1.82, 2.24) is 33.2 Å². The van der Waals surface area contributed by atoms with Gasteiger partial charge in [0.25, 0.3) is 0 Å². The van der Waals surface area contributed by atoms with Crippen LogP contribution in [0.2, 0.25) is 0 Å². The quantitative estimate of drug-likeness (QED) is 0.166. The molecule has 8 nitrogen and oxygen atoms in total. The van der Waals surface area contributed by atoms with Crippen LogP contribution in [0.1, 0.15) is 16.7 Å². The molecule has 0 amide bonds. The van der Waals surface area contributed by atoms with Crippen LogP contribution in [-0.4, -0.2) is 33.2 Å². The highest BCUT2D eigenvalue weighted by molar-refractivity contribution is 6.40. The minimum Gasteiger partial charge on any atom is -0.308 e. The molecule has 5 heterocycles. The van der Waals surface area contributed by atoms with E-state index in [0.717, 1.165) is 104 Å². The largest absolute Gasteiger partial charge is 0.308 e. The minimum absolute atomic E-state index is 0.468. The van der Waals surface area contributed by atoms with E-state index in [1.165, 1.54) is 16.5 Å². The fourth-order valence-electron chi connectivity index (χ4n) is 11.8. The Hall–Kier alpha value is -10.1. The number of aryl methyl sites for hydroxylation is 2. The Morgan fingerprint density at radius 2 is 0.770 bits per heavy atom. The molecule has 74 heavy (non-hydrogen) atoms. The summed E-state index contributed by atoms with van der Waals surface area (Å²) in [5.74, 6) is 1.51. The van der Waals surface area contributed by atoms with E-state index in [1.807, 2.05) is 36.4 Å². The number of aromatic nitrogens is 7. The standard InChI is InChI=1S/C66H42N8/c1-40-30-33-56-50(36-40)51-37-41(2)31-34-57(51)74(56)66-69-64(42-18-6-3-7-19-42)68-65(70-66)43-32-35-52(44(38-43)39-67)73-55-29-17-14-26-49(55)60-62-58(47-24-12-15-27-53(47)71(62)45-20-8-4-9-21-45)61-59(63(60)73)48-25-13-16-28-54(48)72(61)46-22-10-5-11-23-46/h3-38H,1-2H3.